The molecule has 0 aromatic rings. The molecule has 0 fully saturated rings. The molecule has 0 aliphatic carbocycles. The lowest BCUT2D eigenvalue weighted by molar-refractivity contribution is 0.251. The Kier molecular flexibility index (Phi) is 17.9. The highest BCUT2D eigenvalue weighted by atomic mass is 28.5. The largest absolute Gasteiger partial charge is 0.437 e. The van der Waals surface area contributed by atoms with Gasteiger partial charge in [-0.1, -0.05) is 0 Å². The summed E-state index contributed by atoms with van der Waals surface area (Å²) in [6.45, 7) is 49.3. The van der Waals surface area contributed by atoms with Gasteiger partial charge in [0.2, 0.25) is 0 Å². The van der Waals surface area contributed by atoms with Gasteiger partial charge in [-0.05, 0) is 170 Å². The molecule has 0 unspecified atom stereocenters. The van der Waals surface area contributed by atoms with Crippen molar-refractivity contribution in [2.24, 2.45) is 5.73 Å². The van der Waals surface area contributed by atoms with Gasteiger partial charge in [0.25, 0.3) is 0 Å². The van der Waals surface area contributed by atoms with Crippen molar-refractivity contribution in [3.8, 4) is 0 Å². The maximum absolute atomic E-state index is 7.01. The molecule has 0 aromatic carbocycles. The Morgan fingerprint density at radius 3 is 0.667 bits per heavy atom. The summed E-state index contributed by atoms with van der Waals surface area (Å²) >= 11 is 0. The van der Waals surface area contributed by atoms with Crippen molar-refractivity contribution < 1.29 is 41.2 Å². The maximum atomic E-state index is 7.01. The molecule has 0 aliphatic heterocycles. The average Bonchev–Trinajstić information content (AvgIpc) is 2.60. The van der Waals surface area contributed by atoms with Crippen molar-refractivity contribution in [3.05, 3.63) is 0 Å². The zero-order valence-corrected chi connectivity index (χ0v) is 46.3. The van der Waals surface area contributed by atoms with Crippen molar-refractivity contribution in [2.45, 2.75) is 163 Å². The molecule has 0 saturated heterocycles. The van der Waals surface area contributed by atoms with Crippen LogP contribution in [0.5, 0.6) is 0 Å². The molecule has 0 saturated carbocycles. The van der Waals surface area contributed by atoms with Crippen LogP contribution in [0.1, 0.15) is 6.42 Å². The van der Waals surface area contributed by atoms with Crippen LogP contribution in [0, 0.1) is 0 Å². The van der Waals surface area contributed by atoms with Crippen molar-refractivity contribution >= 4 is 93.7 Å². The van der Waals surface area contributed by atoms with Crippen LogP contribution in [0.25, 0.3) is 0 Å². The van der Waals surface area contributed by atoms with Gasteiger partial charge >= 0.3 is 77.0 Å². The number of nitrogens with two attached hydrogens (primary N) is 1. The second-order valence-electron chi connectivity index (χ2n) is 18.5. The van der Waals surface area contributed by atoms with E-state index in [2.05, 4.69) is 151 Å². The fourth-order valence-corrected chi connectivity index (χ4v) is 61.8. The zero-order chi connectivity index (χ0) is 38.7. The summed E-state index contributed by atoms with van der Waals surface area (Å²) in [5, 5.41) is 0. The number of hydrogen-bond donors (Lipinski definition) is 1. The first-order valence-corrected chi connectivity index (χ1v) is 49.2. The quantitative estimate of drug-likeness (QED) is 0.0993. The van der Waals surface area contributed by atoms with Crippen LogP contribution >= 0.6 is 0 Å². The first-order valence-electron chi connectivity index (χ1n) is 17.3. The minimum Gasteiger partial charge on any atom is -0.437 e. The van der Waals surface area contributed by atoms with Crippen LogP contribution in [-0.4, -0.2) is 100 Å². The van der Waals surface area contributed by atoms with E-state index >= 15 is 0 Å². The van der Waals surface area contributed by atoms with Gasteiger partial charge in [0.15, 0.2) is 16.6 Å². The van der Waals surface area contributed by atoms with E-state index in [4.69, 9.17) is 46.9 Å². The Morgan fingerprint density at radius 1 is 0.292 bits per heavy atom. The lowest BCUT2D eigenvalue weighted by Crippen LogP contribution is -2.63. The minimum absolute atomic E-state index is 0.556. The van der Waals surface area contributed by atoms with E-state index in [0.29, 0.717) is 6.54 Å². The van der Waals surface area contributed by atoms with E-state index in [0.717, 1.165) is 12.5 Å². The van der Waals surface area contributed by atoms with Crippen LogP contribution in [0.4, 0.5) is 0 Å². The molecule has 0 aliphatic rings. The highest BCUT2D eigenvalue weighted by Gasteiger charge is 2.52. The van der Waals surface area contributed by atoms with Crippen molar-refractivity contribution in [3.63, 3.8) is 0 Å². The van der Waals surface area contributed by atoms with E-state index in [1.54, 1.807) is 0 Å². The van der Waals surface area contributed by atoms with E-state index in [-0.39, 0.29) is 0 Å². The van der Waals surface area contributed by atoms with Gasteiger partial charge in [0, 0.05) is 0 Å². The molecular formula is C26H77NO10Si11. The molecule has 11 nitrogen and oxygen atoms in total. The standard InChI is InChI=1S/C26H77NO10Si11/c1-38(2,3)28-40(7,8)30-42(11,12)32-44(15,16)34-46(19,20)36-48(23,26-24-25-27)37-47(21,22)35-45(17,18)33-43(13,14)31-41(9,10)29-39(4,5)6/h24-27H2,1-23H3. The van der Waals surface area contributed by atoms with Gasteiger partial charge in [-0.3, -0.25) is 0 Å². The highest BCUT2D eigenvalue weighted by molar-refractivity contribution is 6.93. The van der Waals surface area contributed by atoms with Crippen molar-refractivity contribution in [1.29, 1.82) is 0 Å². The predicted molar refractivity (Wildman–Crippen MR) is 227 cm³/mol. The summed E-state index contributed by atoms with van der Waals surface area (Å²) in [4.78, 5) is 0. The second kappa shape index (κ2) is 17.2. The molecule has 48 heavy (non-hydrogen) atoms. The summed E-state index contributed by atoms with van der Waals surface area (Å²) < 4.78 is 67.4. The van der Waals surface area contributed by atoms with Gasteiger partial charge in [-0.15, -0.1) is 0 Å². The minimum atomic E-state index is -2.82. The van der Waals surface area contributed by atoms with Crippen LogP contribution in [0.3, 0.4) is 0 Å². The average molecular weight is 873 g/mol. The molecule has 0 amide bonds. The van der Waals surface area contributed by atoms with E-state index < -0.39 is 93.7 Å². The molecule has 0 spiro atoms. The third-order valence-electron chi connectivity index (χ3n) is 5.81. The molecule has 0 bridgehead atoms. The van der Waals surface area contributed by atoms with Gasteiger partial charge < -0.3 is 46.9 Å². The van der Waals surface area contributed by atoms with Crippen LogP contribution in [-0.2, 0) is 41.2 Å². The van der Waals surface area contributed by atoms with Crippen molar-refractivity contribution in [2.75, 3.05) is 6.54 Å². The van der Waals surface area contributed by atoms with Crippen molar-refractivity contribution in [1.82, 2.24) is 0 Å². The SMILES string of the molecule is C[Si](C)(C)O[Si](C)(C)O[Si](C)(C)O[Si](C)(C)O[Si](C)(C)O[Si](C)(CCCN)O[Si](C)(C)O[Si](C)(C)O[Si](C)(C)O[Si](C)(C)O[Si](C)(C)C. The fourth-order valence-electron chi connectivity index (χ4n) is 6.78. The number of rotatable bonds is 23. The van der Waals surface area contributed by atoms with E-state index in [1.807, 2.05) is 0 Å². The Hall–Kier alpha value is 1.95. The monoisotopic (exact) mass is 871 g/mol. The van der Waals surface area contributed by atoms with E-state index in [9.17, 15) is 0 Å². The maximum Gasteiger partial charge on any atom is 0.317 e. The number of hydrogen-bond acceptors (Lipinski definition) is 11. The molecule has 0 heterocycles. The highest BCUT2D eigenvalue weighted by Crippen LogP contribution is 2.32. The summed E-state index contributed by atoms with van der Waals surface area (Å²) in [6, 6.07) is 0.739. The first-order chi connectivity index (χ1) is 20.6. The third kappa shape index (κ3) is 23.6. The summed E-state index contributed by atoms with van der Waals surface area (Å²) in [6.07, 6.45) is 0.793. The Balaban J connectivity index is 5.87. The van der Waals surface area contributed by atoms with Gasteiger partial charge in [-0.2, -0.15) is 0 Å². The molecule has 0 aromatic heterocycles. The summed E-state index contributed by atoms with van der Waals surface area (Å²) in [5.74, 6) is 0. The lowest BCUT2D eigenvalue weighted by Gasteiger charge is -2.45. The smallest absolute Gasteiger partial charge is 0.317 e. The van der Waals surface area contributed by atoms with Crippen LogP contribution < -0.4 is 5.73 Å². The lowest BCUT2D eigenvalue weighted by atomic mass is 10.5. The molecule has 290 valence electrons. The Bertz CT molecular complexity index is 946. The van der Waals surface area contributed by atoms with Crippen LogP contribution in [0.2, 0.25) is 157 Å². The predicted octanol–water partition coefficient (Wildman–Crippen LogP) is 8.86. The first kappa shape index (κ1) is 49.9. The molecule has 0 rings (SSSR count). The van der Waals surface area contributed by atoms with E-state index in [1.165, 1.54) is 0 Å². The molecule has 0 radical (unpaired) electrons. The topological polar surface area (TPSA) is 118 Å². The summed E-state index contributed by atoms with van der Waals surface area (Å²) in [7, 11) is -27.1. The molecule has 2 N–H and O–H groups in total. The Labute approximate surface area is 308 Å². The van der Waals surface area contributed by atoms with Gasteiger partial charge in [0.05, 0.1) is 0 Å². The van der Waals surface area contributed by atoms with Gasteiger partial charge in [-0.25, -0.2) is 0 Å². The fraction of sp³-hybridized carbons (Fsp3) is 1.00. The summed E-state index contributed by atoms with van der Waals surface area (Å²) in [5.41, 5.74) is 6.00. The second-order valence-corrected chi connectivity index (χ2v) is 60.2. The zero-order valence-electron chi connectivity index (χ0n) is 35.3. The molecule has 0 atom stereocenters. The third-order valence-corrected chi connectivity index (χ3v) is 46.9. The van der Waals surface area contributed by atoms with Crippen LogP contribution in [0.15, 0.2) is 0 Å². The Morgan fingerprint density at radius 2 is 0.479 bits per heavy atom. The van der Waals surface area contributed by atoms with Gasteiger partial charge in [0.1, 0.15) is 0 Å². The molecular weight excluding hydrogens is 795 g/mol. The molecule has 22 heteroatoms. The normalized spacial score (nSPS) is 15.8.